The molecule has 0 aliphatic heterocycles. The molecule has 0 spiro atoms. The molecule has 0 amide bonds. The number of hydroxylamine groups is 1. The minimum absolute atomic E-state index is 0.142. The molecular formula is C8H13N3O5S. The molecule has 0 saturated heterocycles. The van der Waals surface area contributed by atoms with Gasteiger partial charge < -0.3 is 4.74 Å². The van der Waals surface area contributed by atoms with Gasteiger partial charge in [0.1, 0.15) is 5.56 Å². The third kappa shape index (κ3) is 2.62. The molecule has 17 heavy (non-hydrogen) atoms. The first-order chi connectivity index (χ1) is 7.95. The Balaban J connectivity index is 3.17. The van der Waals surface area contributed by atoms with Crippen molar-refractivity contribution in [3.8, 4) is 0 Å². The molecule has 0 bridgehead atoms. The van der Waals surface area contributed by atoms with Crippen LogP contribution in [0.15, 0.2) is 11.2 Å². The lowest BCUT2D eigenvalue weighted by Gasteiger charge is -2.13. The van der Waals surface area contributed by atoms with Gasteiger partial charge in [0.15, 0.2) is 5.03 Å². The molecular weight excluding hydrogens is 250 g/mol. The molecule has 0 unspecified atom stereocenters. The van der Waals surface area contributed by atoms with Crippen LogP contribution in [-0.4, -0.2) is 49.8 Å². The zero-order chi connectivity index (χ0) is 13.1. The minimum atomic E-state index is -3.95. The molecule has 0 fully saturated rings. The number of rotatable bonds is 5. The van der Waals surface area contributed by atoms with E-state index in [9.17, 15) is 13.2 Å². The number of carbonyl (C=O) groups excluding carboxylic acids is 1. The highest BCUT2D eigenvalue weighted by atomic mass is 32.2. The summed E-state index contributed by atoms with van der Waals surface area (Å²) in [5, 5.41) is 5.40. The maximum atomic E-state index is 11.9. The van der Waals surface area contributed by atoms with E-state index in [2.05, 4.69) is 15.0 Å². The highest BCUT2D eigenvalue weighted by Crippen LogP contribution is 2.17. The number of nitrogens with one attached hydrogen (secondary N) is 1. The first kappa shape index (κ1) is 13.6. The molecule has 96 valence electrons. The first-order valence-electron chi connectivity index (χ1n) is 4.68. The van der Waals surface area contributed by atoms with Crippen LogP contribution in [0.25, 0.3) is 0 Å². The van der Waals surface area contributed by atoms with Gasteiger partial charge >= 0.3 is 5.97 Å². The van der Waals surface area contributed by atoms with Crippen molar-refractivity contribution < 1.29 is 22.8 Å². The number of nitrogens with zero attached hydrogens (tertiary/aromatic N) is 2. The van der Waals surface area contributed by atoms with Gasteiger partial charge in [0.2, 0.25) is 0 Å². The Bertz CT molecular complexity index is 495. The monoisotopic (exact) mass is 263 g/mol. The van der Waals surface area contributed by atoms with Crippen LogP contribution >= 0.6 is 0 Å². The molecule has 1 aromatic heterocycles. The Labute approximate surface area is 98.5 Å². The third-order valence-electron chi connectivity index (χ3n) is 1.95. The lowest BCUT2D eigenvalue weighted by atomic mass is 10.4. The van der Waals surface area contributed by atoms with Crippen molar-refractivity contribution in [3.63, 3.8) is 0 Å². The molecule has 9 heteroatoms. The van der Waals surface area contributed by atoms with E-state index in [-0.39, 0.29) is 17.2 Å². The Morgan fingerprint density at radius 1 is 1.59 bits per heavy atom. The number of esters is 1. The highest BCUT2D eigenvalue weighted by Gasteiger charge is 2.29. The normalized spacial score (nSPS) is 11.8. The van der Waals surface area contributed by atoms with E-state index >= 15 is 0 Å². The molecule has 1 N–H and O–H groups in total. The van der Waals surface area contributed by atoms with Crippen LogP contribution in [0.3, 0.4) is 0 Å². The smallest absolute Gasteiger partial charge is 0.342 e. The highest BCUT2D eigenvalue weighted by molar-refractivity contribution is 7.89. The van der Waals surface area contributed by atoms with Gasteiger partial charge in [0.25, 0.3) is 10.0 Å². The van der Waals surface area contributed by atoms with E-state index in [0.717, 1.165) is 6.20 Å². The Morgan fingerprint density at radius 2 is 2.24 bits per heavy atom. The van der Waals surface area contributed by atoms with E-state index in [1.807, 2.05) is 0 Å². The molecule has 1 aromatic rings. The number of aromatic amines is 1. The van der Waals surface area contributed by atoms with Crippen LogP contribution in [0, 0.1) is 0 Å². The SMILES string of the molecule is CCOC(=O)c1cn[nH]c1S(=O)(=O)N(C)OC. The van der Waals surface area contributed by atoms with E-state index in [0.29, 0.717) is 4.47 Å². The van der Waals surface area contributed by atoms with Gasteiger partial charge in [0.05, 0.1) is 19.9 Å². The van der Waals surface area contributed by atoms with Gasteiger partial charge in [-0.3, -0.25) is 9.94 Å². The van der Waals surface area contributed by atoms with Gasteiger partial charge in [-0.15, -0.1) is 0 Å². The summed E-state index contributed by atoms with van der Waals surface area (Å²) < 4.78 is 29.1. The van der Waals surface area contributed by atoms with Crippen molar-refractivity contribution in [2.75, 3.05) is 20.8 Å². The summed E-state index contributed by atoms with van der Waals surface area (Å²) >= 11 is 0. The fourth-order valence-corrected chi connectivity index (χ4v) is 2.09. The minimum Gasteiger partial charge on any atom is -0.462 e. The van der Waals surface area contributed by atoms with Crippen molar-refractivity contribution in [2.24, 2.45) is 0 Å². The maximum Gasteiger partial charge on any atom is 0.342 e. The van der Waals surface area contributed by atoms with Gasteiger partial charge in [-0.05, 0) is 6.92 Å². The molecule has 0 atom stereocenters. The van der Waals surface area contributed by atoms with Crippen LogP contribution in [0.1, 0.15) is 17.3 Å². The summed E-state index contributed by atoms with van der Waals surface area (Å²) in [7, 11) is -1.56. The zero-order valence-electron chi connectivity index (χ0n) is 9.63. The number of hydrogen-bond acceptors (Lipinski definition) is 6. The third-order valence-corrected chi connectivity index (χ3v) is 3.61. The zero-order valence-corrected chi connectivity index (χ0v) is 10.4. The van der Waals surface area contributed by atoms with Crippen LogP contribution in [0.4, 0.5) is 0 Å². The summed E-state index contributed by atoms with van der Waals surface area (Å²) in [6.07, 6.45) is 1.09. The average molecular weight is 263 g/mol. The summed E-state index contributed by atoms with van der Waals surface area (Å²) in [5.74, 6) is -0.760. The summed E-state index contributed by atoms with van der Waals surface area (Å²) in [5.41, 5.74) is -0.157. The molecule has 1 rings (SSSR count). The number of aromatic nitrogens is 2. The van der Waals surface area contributed by atoms with Crippen molar-refractivity contribution in [2.45, 2.75) is 11.9 Å². The standard InChI is InChI=1S/C8H13N3O5S/c1-4-16-8(12)6-5-9-10-7(6)17(13,14)11(2)15-3/h5H,4H2,1-3H3,(H,9,10). The lowest BCUT2D eigenvalue weighted by Crippen LogP contribution is -2.27. The second-order valence-corrected chi connectivity index (χ2v) is 4.80. The first-order valence-corrected chi connectivity index (χ1v) is 6.12. The van der Waals surface area contributed by atoms with E-state index in [4.69, 9.17) is 4.74 Å². The largest absolute Gasteiger partial charge is 0.462 e. The molecule has 0 aliphatic carbocycles. The second-order valence-electron chi connectivity index (χ2n) is 2.93. The lowest BCUT2D eigenvalue weighted by molar-refractivity contribution is -0.0261. The quantitative estimate of drug-likeness (QED) is 0.581. The number of H-pyrrole nitrogens is 1. The summed E-state index contributed by atoms with van der Waals surface area (Å²) in [6.45, 7) is 1.76. The van der Waals surface area contributed by atoms with E-state index < -0.39 is 16.0 Å². The van der Waals surface area contributed by atoms with E-state index in [1.54, 1.807) is 6.92 Å². The average Bonchev–Trinajstić information content (AvgIpc) is 2.77. The molecule has 0 radical (unpaired) electrons. The number of ether oxygens (including phenoxy) is 1. The van der Waals surface area contributed by atoms with Crippen LogP contribution in [0.2, 0.25) is 0 Å². The molecule has 0 aromatic carbocycles. The van der Waals surface area contributed by atoms with Crippen LogP contribution in [-0.2, 0) is 19.6 Å². The van der Waals surface area contributed by atoms with Gasteiger partial charge in [-0.25, -0.2) is 13.2 Å². The number of hydrogen-bond donors (Lipinski definition) is 1. The van der Waals surface area contributed by atoms with Gasteiger partial charge in [-0.1, -0.05) is 4.47 Å². The van der Waals surface area contributed by atoms with Crippen molar-refractivity contribution >= 4 is 16.0 Å². The molecule has 0 saturated carbocycles. The predicted octanol–water partition coefficient (Wildman–Crippen LogP) is -0.232. The topological polar surface area (TPSA) is 102 Å². The Morgan fingerprint density at radius 3 is 2.76 bits per heavy atom. The fourth-order valence-electron chi connectivity index (χ4n) is 1.05. The summed E-state index contributed by atoms with van der Waals surface area (Å²) in [4.78, 5) is 16.1. The van der Waals surface area contributed by atoms with E-state index in [1.165, 1.54) is 14.2 Å². The predicted molar refractivity (Wildman–Crippen MR) is 56.5 cm³/mol. The second kappa shape index (κ2) is 5.25. The van der Waals surface area contributed by atoms with Crippen LogP contribution in [0.5, 0.6) is 0 Å². The van der Waals surface area contributed by atoms with Crippen molar-refractivity contribution in [3.05, 3.63) is 11.8 Å². The molecule has 0 aliphatic rings. The maximum absolute atomic E-state index is 11.9. The van der Waals surface area contributed by atoms with Crippen LogP contribution < -0.4 is 0 Å². The molecule has 8 nitrogen and oxygen atoms in total. The fraction of sp³-hybridized carbons (Fsp3) is 0.500. The summed E-state index contributed by atoms with van der Waals surface area (Å²) in [6, 6.07) is 0. The Kier molecular flexibility index (Phi) is 4.21. The molecule has 1 heterocycles. The van der Waals surface area contributed by atoms with Gasteiger partial charge in [-0.2, -0.15) is 5.10 Å². The van der Waals surface area contributed by atoms with Crippen molar-refractivity contribution in [1.82, 2.24) is 14.7 Å². The number of sulfonamides is 1. The number of carbonyl (C=O) groups is 1. The van der Waals surface area contributed by atoms with Crippen molar-refractivity contribution in [1.29, 1.82) is 0 Å². The Hall–Kier alpha value is -1.45. The van der Waals surface area contributed by atoms with Gasteiger partial charge in [0, 0.05) is 7.05 Å².